The predicted octanol–water partition coefficient (Wildman–Crippen LogP) is 2.15. The average Bonchev–Trinajstić information content (AvgIpc) is 2.20. The fourth-order valence-corrected chi connectivity index (χ4v) is 1.87. The molecule has 1 aromatic carbocycles. The van der Waals surface area contributed by atoms with Crippen LogP contribution in [0.25, 0.3) is 0 Å². The van der Waals surface area contributed by atoms with Crippen molar-refractivity contribution in [2.45, 2.75) is 11.2 Å². The number of alkyl halides is 1. The van der Waals surface area contributed by atoms with Gasteiger partial charge in [0.05, 0.1) is 9.75 Å². The van der Waals surface area contributed by atoms with Crippen molar-refractivity contribution < 1.29 is 9.72 Å². The Kier molecular flexibility index (Phi) is 4.43. The molecule has 0 spiro atoms. The highest BCUT2D eigenvalue weighted by atomic mass is 79.9. The quantitative estimate of drug-likeness (QED) is 0.512. The third kappa shape index (κ3) is 3.28. The normalized spacial score (nSPS) is 12.1. The lowest BCUT2D eigenvalue weighted by molar-refractivity contribution is -0.385. The van der Waals surface area contributed by atoms with E-state index in [1.54, 1.807) is 12.1 Å². The number of primary amides is 1. The molecule has 1 aromatic rings. The maximum atomic E-state index is 10.8. The lowest BCUT2D eigenvalue weighted by Crippen LogP contribution is -2.25. The number of rotatable bonds is 4. The van der Waals surface area contributed by atoms with Crippen LogP contribution in [0.1, 0.15) is 5.56 Å². The van der Waals surface area contributed by atoms with Crippen LogP contribution in [0.15, 0.2) is 22.7 Å². The van der Waals surface area contributed by atoms with Gasteiger partial charge < -0.3 is 5.73 Å². The van der Waals surface area contributed by atoms with E-state index in [4.69, 9.17) is 5.73 Å². The molecule has 2 N–H and O–H groups in total. The van der Waals surface area contributed by atoms with Crippen molar-refractivity contribution in [3.8, 4) is 0 Å². The number of nitro groups is 1. The number of carbonyl (C=O) groups is 1. The molecule has 0 heterocycles. The molecule has 0 aliphatic rings. The standard InChI is InChI=1S/C9H8Br2N2O3/c10-6-2-1-5(3-7(11)9(12)14)8(4-6)13(15)16/h1-2,4,7H,3H2,(H2,12,14). The summed E-state index contributed by atoms with van der Waals surface area (Å²) in [6.07, 6.45) is 0.193. The Bertz CT molecular complexity index is 437. The summed E-state index contributed by atoms with van der Waals surface area (Å²) in [5.74, 6) is -0.544. The molecule has 0 fully saturated rings. The Labute approximate surface area is 108 Å². The van der Waals surface area contributed by atoms with Crippen LogP contribution in [0.2, 0.25) is 0 Å². The molecule has 1 rings (SSSR count). The van der Waals surface area contributed by atoms with Crippen molar-refractivity contribution in [1.29, 1.82) is 0 Å². The molecule has 1 atom stereocenters. The number of benzene rings is 1. The minimum Gasteiger partial charge on any atom is -0.369 e. The minimum atomic E-state index is -0.604. The van der Waals surface area contributed by atoms with E-state index >= 15 is 0 Å². The van der Waals surface area contributed by atoms with Gasteiger partial charge in [0, 0.05) is 22.5 Å². The molecule has 1 unspecified atom stereocenters. The van der Waals surface area contributed by atoms with E-state index < -0.39 is 15.7 Å². The van der Waals surface area contributed by atoms with Gasteiger partial charge in [-0.2, -0.15) is 0 Å². The van der Waals surface area contributed by atoms with Gasteiger partial charge in [-0.25, -0.2) is 0 Å². The number of hydrogen-bond donors (Lipinski definition) is 1. The summed E-state index contributed by atoms with van der Waals surface area (Å²) in [6, 6.07) is 4.68. The highest BCUT2D eigenvalue weighted by molar-refractivity contribution is 9.10. The van der Waals surface area contributed by atoms with Crippen LogP contribution in [-0.2, 0) is 11.2 Å². The number of carbonyl (C=O) groups excluding carboxylic acids is 1. The Hall–Kier alpha value is -0.950. The van der Waals surface area contributed by atoms with Gasteiger partial charge >= 0.3 is 0 Å². The van der Waals surface area contributed by atoms with E-state index in [0.717, 1.165) is 0 Å². The summed E-state index contributed by atoms with van der Waals surface area (Å²) in [5, 5.41) is 10.8. The fourth-order valence-electron chi connectivity index (χ4n) is 1.17. The molecular weight excluding hydrogens is 344 g/mol. The average molecular weight is 352 g/mol. The van der Waals surface area contributed by atoms with E-state index in [1.807, 2.05) is 0 Å². The van der Waals surface area contributed by atoms with Gasteiger partial charge in [0.25, 0.3) is 5.69 Å². The van der Waals surface area contributed by atoms with E-state index in [2.05, 4.69) is 31.9 Å². The maximum absolute atomic E-state index is 10.8. The second-order valence-corrected chi connectivity index (χ2v) is 5.13. The zero-order valence-corrected chi connectivity index (χ0v) is 11.2. The van der Waals surface area contributed by atoms with Gasteiger partial charge in [-0.05, 0) is 6.07 Å². The van der Waals surface area contributed by atoms with Crippen molar-refractivity contribution in [3.05, 3.63) is 38.3 Å². The van der Waals surface area contributed by atoms with Crippen molar-refractivity contribution >= 4 is 43.5 Å². The van der Waals surface area contributed by atoms with Crippen molar-refractivity contribution in [1.82, 2.24) is 0 Å². The number of nitrogens with two attached hydrogens (primary N) is 1. The largest absolute Gasteiger partial charge is 0.369 e. The van der Waals surface area contributed by atoms with E-state index in [1.165, 1.54) is 6.07 Å². The summed E-state index contributed by atoms with van der Waals surface area (Å²) in [4.78, 5) is 20.5. The summed E-state index contributed by atoms with van der Waals surface area (Å²) < 4.78 is 0.619. The Morgan fingerprint density at radius 3 is 2.69 bits per heavy atom. The van der Waals surface area contributed by atoms with Crippen LogP contribution in [0.4, 0.5) is 5.69 Å². The van der Waals surface area contributed by atoms with Crippen LogP contribution in [0, 0.1) is 10.1 Å². The highest BCUT2D eigenvalue weighted by Crippen LogP contribution is 2.25. The van der Waals surface area contributed by atoms with Gasteiger partial charge in [0.2, 0.25) is 5.91 Å². The molecule has 0 saturated heterocycles. The van der Waals surface area contributed by atoms with Crippen LogP contribution < -0.4 is 5.73 Å². The first kappa shape index (κ1) is 13.1. The second kappa shape index (κ2) is 5.40. The number of nitrogens with zero attached hydrogens (tertiary/aromatic N) is 1. The molecule has 86 valence electrons. The molecule has 0 aromatic heterocycles. The van der Waals surface area contributed by atoms with Crippen molar-refractivity contribution in [3.63, 3.8) is 0 Å². The van der Waals surface area contributed by atoms with Gasteiger partial charge in [0.1, 0.15) is 0 Å². The first-order chi connectivity index (χ1) is 7.41. The Morgan fingerprint density at radius 1 is 1.56 bits per heavy atom. The maximum Gasteiger partial charge on any atom is 0.273 e. The third-order valence-electron chi connectivity index (χ3n) is 1.95. The summed E-state index contributed by atoms with van der Waals surface area (Å²) >= 11 is 6.22. The first-order valence-electron chi connectivity index (χ1n) is 4.28. The van der Waals surface area contributed by atoms with Gasteiger partial charge in [-0.1, -0.05) is 37.9 Å². The molecule has 0 aliphatic carbocycles. The van der Waals surface area contributed by atoms with E-state index in [0.29, 0.717) is 10.0 Å². The zero-order chi connectivity index (χ0) is 12.3. The number of nitro benzene ring substituents is 1. The summed E-state index contributed by atoms with van der Waals surface area (Å²) in [5.41, 5.74) is 5.51. The van der Waals surface area contributed by atoms with E-state index in [-0.39, 0.29) is 12.1 Å². The van der Waals surface area contributed by atoms with Crippen LogP contribution in [0.5, 0.6) is 0 Å². The lowest BCUT2D eigenvalue weighted by atomic mass is 10.1. The molecule has 0 radical (unpaired) electrons. The van der Waals surface area contributed by atoms with Crippen molar-refractivity contribution in [2.75, 3.05) is 0 Å². The van der Waals surface area contributed by atoms with Crippen molar-refractivity contribution in [2.24, 2.45) is 5.73 Å². The fraction of sp³-hybridized carbons (Fsp3) is 0.222. The number of hydrogen-bond acceptors (Lipinski definition) is 3. The van der Waals surface area contributed by atoms with Crippen LogP contribution in [-0.4, -0.2) is 15.7 Å². The first-order valence-corrected chi connectivity index (χ1v) is 5.99. The Balaban J connectivity index is 3.04. The van der Waals surface area contributed by atoms with Gasteiger partial charge in [-0.3, -0.25) is 14.9 Å². The number of halogens is 2. The monoisotopic (exact) mass is 350 g/mol. The molecule has 0 saturated carbocycles. The van der Waals surface area contributed by atoms with Crippen LogP contribution >= 0.6 is 31.9 Å². The van der Waals surface area contributed by atoms with E-state index in [9.17, 15) is 14.9 Å². The van der Waals surface area contributed by atoms with Gasteiger partial charge in [0.15, 0.2) is 0 Å². The predicted molar refractivity (Wildman–Crippen MR) is 66.4 cm³/mol. The second-order valence-electron chi connectivity index (χ2n) is 3.10. The zero-order valence-electron chi connectivity index (χ0n) is 8.02. The lowest BCUT2D eigenvalue weighted by Gasteiger charge is -2.06. The third-order valence-corrected chi connectivity index (χ3v) is 3.22. The molecule has 0 bridgehead atoms. The summed E-state index contributed by atoms with van der Waals surface area (Å²) in [6.45, 7) is 0. The SMILES string of the molecule is NC(=O)C(Br)Cc1ccc(Br)cc1[N+](=O)[O-]. The molecular formula is C9H8Br2N2O3. The van der Waals surface area contributed by atoms with Gasteiger partial charge in [-0.15, -0.1) is 0 Å². The topological polar surface area (TPSA) is 86.2 Å². The molecule has 5 nitrogen and oxygen atoms in total. The minimum absolute atomic E-state index is 0.0277. The number of amides is 1. The molecule has 7 heteroatoms. The molecule has 0 aliphatic heterocycles. The molecule has 16 heavy (non-hydrogen) atoms. The summed E-state index contributed by atoms with van der Waals surface area (Å²) in [7, 11) is 0. The molecule has 1 amide bonds. The Morgan fingerprint density at radius 2 is 2.19 bits per heavy atom. The van der Waals surface area contributed by atoms with Crippen LogP contribution in [0.3, 0.4) is 0 Å². The smallest absolute Gasteiger partial charge is 0.273 e. The highest BCUT2D eigenvalue weighted by Gasteiger charge is 2.19.